The van der Waals surface area contributed by atoms with E-state index in [0.717, 1.165) is 24.2 Å². The molecule has 1 saturated carbocycles. The zero-order valence-electron chi connectivity index (χ0n) is 11.9. The Morgan fingerprint density at radius 2 is 2.20 bits per heavy atom. The minimum Gasteiger partial charge on any atom is -0.462 e. The van der Waals surface area contributed by atoms with Crippen molar-refractivity contribution in [3.63, 3.8) is 0 Å². The van der Waals surface area contributed by atoms with Crippen molar-refractivity contribution in [1.82, 2.24) is 10.2 Å². The Hall–Kier alpha value is -1.59. The van der Waals surface area contributed by atoms with Gasteiger partial charge in [-0.3, -0.25) is 14.5 Å². The van der Waals surface area contributed by atoms with Gasteiger partial charge < -0.3 is 10.1 Å². The lowest BCUT2D eigenvalue weighted by atomic mass is 9.89. The number of hydrogen-bond acceptors (Lipinski definition) is 4. The highest BCUT2D eigenvalue weighted by Gasteiger charge is 2.28. The molecule has 20 heavy (non-hydrogen) atoms. The van der Waals surface area contributed by atoms with E-state index in [1.54, 1.807) is 0 Å². The molecule has 0 unspecified atom stereocenters. The predicted octanol–water partition coefficient (Wildman–Crippen LogP) is 1.44. The molecular formula is C14H22N2O4. The highest BCUT2D eigenvalue weighted by molar-refractivity contribution is 6.01. The zero-order valence-corrected chi connectivity index (χ0v) is 11.9. The molecule has 1 aliphatic carbocycles. The van der Waals surface area contributed by atoms with Crippen molar-refractivity contribution in [1.29, 1.82) is 0 Å². The van der Waals surface area contributed by atoms with Crippen LogP contribution in [0.3, 0.4) is 0 Å². The molecule has 0 aromatic heterocycles. The number of nitrogens with one attached hydrogen (secondary N) is 1. The number of rotatable bonds is 5. The Kier molecular flexibility index (Phi) is 4.98. The van der Waals surface area contributed by atoms with Crippen molar-refractivity contribution in [2.45, 2.75) is 51.6 Å². The van der Waals surface area contributed by atoms with Crippen molar-refractivity contribution in [3.05, 3.63) is 0 Å². The third-order valence-corrected chi connectivity index (χ3v) is 3.89. The molecule has 1 aliphatic heterocycles. The summed E-state index contributed by atoms with van der Waals surface area (Å²) in [5.41, 5.74) is 0. The molecular weight excluding hydrogens is 260 g/mol. The molecule has 2 rings (SSSR count). The second-order valence-corrected chi connectivity index (χ2v) is 5.69. The van der Waals surface area contributed by atoms with Gasteiger partial charge in [-0.25, -0.2) is 4.79 Å². The zero-order chi connectivity index (χ0) is 14.5. The van der Waals surface area contributed by atoms with Gasteiger partial charge >= 0.3 is 12.0 Å². The molecule has 2 aliphatic rings. The molecule has 0 aromatic rings. The number of ether oxygens (including phenoxy) is 1. The van der Waals surface area contributed by atoms with Gasteiger partial charge in [0.15, 0.2) is 0 Å². The van der Waals surface area contributed by atoms with Crippen LogP contribution < -0.4 is 5.32 Å². The fourth-order valence-corrected chi connectivity index (χ4v) is 2.79. The van der Waals surface area contributed by atoms with E-state index in [2.05, 4.69) is 12.2 Å². The van der Waals surface area contributed by atoms with E-state index >= 15 is 0 Å². The summed E-state index contributed by atoms with van der Waals surface area (Å²) in [5.74, 6) is 0.160. The summed E-state index contributed by atoms with van der Waals surface area (Å²) >= 11 is 0. The number of imide groups is 1. The Balaban J connectivity index is 1.65. The molecule has 0 bridgehead atoms. The molecule has 6 nitrogen and oxygen atoms in total. The average Bonchev–Trinajstić information content (AvgIpc) is 2.70. The fourth-order valence-electron chi connectivity index (χ4n) is 2.79. The number of esters is 1. The maximum absolute atomic E-state index is 11.7. The second-order valence-electron chi connectivity index (χ2n) is 5.69. The predicted molar refractivity (Wildman–Crippen MR) is 71.9 cm³/mol. The SMILES string of the molecule is C[C@H]1CCC[C@H](OC(=O)CCCN2C(=O)CNC2=O)C1. The number of amides is 3. The first-order chi connectivity index (χ1) is 9.56. The summed E-state index contributed by atoms with van der Waals surface area (Å²) < 4.78 is 5.44. The Morgan fingerprint density at radius 1 is 1.40 bits per heavy atom. The summed E-state index contributed by atoms with van der Waals surface area (Å²) in [6, 6.07) is -0.371. The van der Waals surface area contributed by atoms with Gasteiger partial charge in [-0.2, -0.15) is 0 Å². The lowest BCUT2D eigenvalue weighted by molar-refractivity contribution is -0.151. The maximum Gasteiger partial charge on any atom is 0.324 e. The minimum absolute atomic E-state index is 0.0444. The third-order valence-electron chi connectivity index (χ3n) is 3.89. The van der Waals surface area contributed by atoms with Crippen LogP contribution in [-0.2, 0) is 14.3 Å². The van der Waals surface area contributed by atoms with Crippen LogP contribution in [-0.4, -0.2) is 42.0 Å². The van der Waals surface area contributed by atoms with Gasteiger partial charge in [0.2, 0.25) is 5.91 Å². The van der Waals surface area contributed by atoms with Crippen LogP contribution >= 0.6 is 0 Å². The lowest BCUT2D eigenvalue weighted by Gasteiger charge is -2.26. The first-order valence-electron chi connectivity index (χ1n) is 7.34. The summed E-state index contributed by atoms with van der Waals surface area (Å²) in [6.07, 6.45) is 4.97. The van der Waals surface area contributed by atoms with Crippen LogP contribution in [0.5, 0.6) is 0 Å². The van der Waals surface area contributed by atoms with Crippen LogP contribution in [0.15, 0.2) is 0 Å². The first kappa shape index (κ1) is 14.8. The van der Waals surface area contributed by atoms with E-state index in [1.165, 1.54) is 6.42 Å². The number of nitrogens with zero attached hydrogens (tertiary/aromatic N) is 1. The van der Waals surface area contributed by atoms with Crippen molar-refractivity contribution in [2.24, 2.45) is 5.92 Å². The quantitative estimate of drug-likeness (QED) is 0.611. The third kappa shape index (κ3) is 3.95. The summed E-state index contributed by atoms with van der Waals surface area (Å²) in [5, 5.41) is 2.45. The molecule has 1 saturated heterocycles. The lowest BCUT2D eigenvalue weighted by Crippen LogP contribution is -2.32. The van der Waals surface area contributed by atoms with E-state index in [0.29, 0.717) is 12.3 Å². The Morgan fingerprint density at radius 3 is 2.85 bits per heavy atom. The number of carbonyl (C=O) groups excluding carboxylic acids is 3. The highest BCUT2D eigenvalue weighted by atomic mass is 16.5. The number of urea groups is 1. The molecule has 0 radical (unpaired) electrons. The summed E-state index contributed by atoms with van der Waals surface area (Å²) in [7, 11) is 0. The van der Waals surface area contributed by atoms with Crippen LogP contribution in [0.2, 0.25) is 0 Å². The van der Waals surface area contributed by atoms with Gasteiger partial charge in [-0.1, -0.05) is 13.3 Å². The van der Waals surface area contributed by atoms with Crippen molar-refractivity contribution >= 4 is 17.9 Å². The average molecular weight is 282 g/mol. The van der Waals surface area contributed by atoms with E-state index < -0.39 is 0 Å². The first-order valence-corrected chi connectivity index (χ1v) is 7.34. The molecule has 0 spiro atoms. The standard InChI is InChI=1S/C14H22N2O4/c1-10-4-2-5-11(8-10)20-13(18)6-3-7-16-12(17)9-15-14(16)19/h10-11H,2-9H2,1H3,(H,15,19)/t10-,11-/m0/s1. The van der Waals surface area contributed by atoms with Crippen LogP contribution in [0.25, 0.3) is 0 Å². The van der Waals surface area contributed by atoms with Crippen LogP contribution in [0.1, 0.15) is 45.4 Å². The summed E-state index contributed by atoms with van der Waals surface area (Å²) in [6.45, 7) is 2.52. The second kappa shape index (κ2) is 6.72. The fraction of sp³-hybridized carbons (Fsp3) is 0.786. The van der Waals surface area contributed by atoms with Crippen molar-refractivity contribution in [3.8, 4) is 0 Å². The molecule has 1 N–H and O–H groups in total. The van der Waals surface area contributed by atoms with Crippen LogP contribution in [0.4, 0.5) is 4.79 Å². The molecule has 6 heteroatoms. The van der Waals surface area contributed by atoms with Gasteiger partial charge in [0.25, 0.3) is 0 Å². The van der Waals surface area contributed by atoms with Gasteiger partial charge in [0.05, 0.1) is 6.54 Å². The Bertz CT molecular complexity index is 381. The van der Waals surface area contributed by atoms with E-state index in [-0.39, 0.29) is 43.5 Å². The largest absolute Gasteiger partial charge is 0.462 e. The smallest absolute Gasteiger partial charge is 0.324 e. The highest BCUT2D eigenvalue weighted by Crippen LogP contribution is 2.26. The minimum atomic E-state index is -0.371. The van der Waals surface area contributed by atoms with Crippen molar-refractivity contribution in [2.75, 3.05) is 13.1 Å². The number of carbonyl (C=O) groups is 3. The van der Waals surface area contributed by atoms with E-state index in [1.807, 2.05) is 0 Å². The van der Waals surface area contributed by atoms with Crippen molar-refractivity contribution < 1.29 is 19.1 Å². The van der Waals surface area contributed by atoms with Gasteiger partial charge in [-0.15, -0.1) is 0 Å². The van der Waals surface area contributed by atoms with Gasteiger partial charge in [-0.05, 0) is 31.6 Å². The van der Waals surface area contributed by atoms with E-state index in [9.17, 15) is 14.4 Å². The number of hydrogen-bond donors (Lipinski definition) is 1. The molecule has 2 atom stereocenters. The maximum atomic E-state index is 11.7. The van der Waals surface area contributed by atoms with Gasteiger partial charge in [0.1, 0.15) is 6.10 Å². The monoisotopic (exact) mass is 282 g/mol. The molecule has 2 fully saturated rings. The molecule has 0 aromatic carbocycles. The van der Waals surface area contributed by atoms with E-state index in [4.69, 9.17) is 4.74 Å². The van der Waals surface area contributed by atoms with Gasteiger partial charge in [0, 0.05) is 13.0 Å². The van der Waals surface area contributed by atoms with Crippen LogP contribution in [0, 0.1) is 5.92 Å². The molecule has 112 valence electrons. The topological polar surface area (TPSA) is 75.7 Å². The molecule has 1 heterocycles. The molecule has 3 amide bonds. The Labute approximate surface area is 118 Å². The normalized spacial score (nSPS) is 26.6. The summed E-state index contributed by atoms with van der Waals surface area (Å²) in [4.78, 5) is 35.5.